The summed E-state index contributed by atoms with van der Waals surface area (Å²) in [7, 11) is 0. The van der Waals surface area contributed by atoms with Crippen LogP contribution in [-0.4, -0.2) is 19.6 Å². The Morgan fingerprint density at radius 2 is 1.81 bits per heavy atom. The van der Waals surface area contributed by atoms with Gasteiger partial charge < -0.3 is 10.6 Å². The number of nitrogens with two attached hydrogens (primary N) is 1. The van der Waals surface area contributed by atoms with Crippen LogP contribution in [0.2, 0.25) is 0 Å². The average Bonchev–Trinajstić information content (AvgIpc) is 3.11. The normalized spacial score (nSPS) is 23.2. The van der Waals surface area contributed by atoms with E-state index in [9.17, 15) is 0 Å². The number of nitrogens with zero attached hydrogens (tertiary/aromatic N) is 1. The zero-order valence-electron chi connectivity index (χ0n) is 10.3. The second kappa shape index (κ2) is 4.88. The lowest BCUT2D eigenvalue weighted by atomic mass is 10.1. The zero-order valence-corrected chi connectivity index (χ0v) is 10.3. The van der Waals surface area contributed by atoms with E-state index in [0.29, 0.717) is 0 Å². The summed E-state index contributed by atoms with van der Waals surface area (Å²) in [6.45, 7) is 7.38. The second-order valence-electron chi connectivity index (χ2n) is 4.60. The molecule has 0 amide bonds. The number of rotatable bonds is 5. The van der Waals surface area contributed by atoms with Crippen molar-refractivity contribution < 1.29 is 0 Å². The summed E-state index contributed by atoms with van der Waals surface area (Å²) < 4.78 is 0. The van der Waals surface area contributed by atoms with Crippen molar-refractivity contribution in [3.8, 4) is 0 Å². The smallest absolute Gasteiger partial charge is 0.0366 e. The molecular formula is C14H22N2. The lowest BCUT2D eigenvalue weighted by Gasteiger charge is -2.21. The number of anilines is 1. The lowest BCUT2D eigenvalue weighted by molar-refractivity contribution is 0.809. The summed E-state index contributed by atoms with van der Waals surface area (Å²) in [6, 6.07) is 9.03. The highest BCUT2D eigenvalue weighted by molar-refractivity contribution is 5.48. The molecule has 16 heavy (non-hydrogen) atoms. The van der Waals surface area contributed by atoms with Gasteiger partial charge in [0.1, 0.15) is 0 Å². The summed E-state index contributed by atoms with van der Waals surface area (Å²) in [5.74, 6) is 1.47. The molecule has 1 aromatic rings. The minimum Gasteiger partial charge on any atom is -0.372 e. The number of benzene rings is 1. The molecule has 88 valence electrons. The summed E-state index contributed by atoms with van der Waals surface area (Å²) >= 11 is 0. The van der Waals surface area contributed by atoms with Gasteiger partial charge in [-0.25, -0.2) is 0 Å². The summed E-state index contributed by atoms with van der Waals surface area (Å²) in [6.07, 6.45) is 1.28. The molecule has 0 heterocycles. The van der Waals surface area contributed by atoms with Crippen LogP contribution in [0.25, 0.3) is 0 Å². The fraction of sp³-hybridized carbons (Fsp3) is 0.571. The molecule has 0 spiro atoms. The first-order valence-electron chi connectivity index (χ1n) is 6.35. The van der Waals surface area contributed by atoms with Gasteiger partial charge in [0.05, 0.1) is 0 Å². The van der Waals surface area contributed by atoms with E-state index in [1.54, 1.807) is 0 Å². The summed E-state index contributed by atoms with van der Waals surface area (Å²) in [5.41, 5.74) is 8.47. The maximum absolute atomic E-state index is 5.67. The van der Waals surface area contributed by atoms with Crippen LogP contribution in [0.3, 0.4) is 0 Å². The third-order valence-corrected chi connectivity index (χ3v) is 3.68. The van der Waals surface area contributed by atoms with Gasteiger partial charge in [0.15, 0.2) is 0 Å². The maximum Gasteiger partial charge on any atom is 0.0366 e. The Hall–Kier alpha value is -1.02. The summed E-state index contributed by atoms with van der Waals surface area (Å²) in [4.78, 5) is 2.37. The van der Waals surface area contributed by atoms with Crippen LogP contribution in [-0.2, 0) is 0 Å². The maximum atomic E-state index is 5.67. The number of hydrogen-bond acceptors (Lipinski definition) is 2. The molecule has 0 aliphatic heterocycles. The molecule has 1 aliphatic carbocycles. The Balaban J connectivity index is 2.05. The van der Waals surface area contributed by atoms with Crippen molar-refractivity contribution in [3.63, 3.8) is 0 Å². The van der Waals surface area contributed by atoms with Gasteiger partial charge >= 0.3 is 0 Å². The molecule has 0 aromatic heterocycles. The predicted molar refractivity (Wildman–Crippen MR) is 69.9 cm³/mol. The standard InChI is InChI=1S/C14H22N2/c1-3-16(4-2)13-7-5-11(6-8-13)14-9-12(14)10-15/h5-8,12,14H,3-4,9-10,15H2,1-2H3/t12-,14-/m0/s1. The van der Waals surface area contributed by atoms with Gasteiger partial charge in [0.2, 0.25) is 0 Å². The minimum atomic E-state index is 0.732. The van der Waals surface area contributed by atoms with Crippen molar-refractivity contribution >= 4 is 5.69 Å². The van der Waals surface area contributed by atoms with E-state index < -0.39 is 0 Å². The summed E-state index contributed by atoms with van der Waals surface area (Å²) in [5, 5.41) is 0. The SMILES string of the molecule is CCN(CC)c1ccc([C@@H]2C[C@H]2CN)cc1. The van der Waals surface area contributed by atoms with Crippen molar-refractivity contribution in [1.82, 2.24) is 0 Å². The third-order valence-electron chi connectivity index (χ3n) is 3.68. The Labute approximate surface area is 98.4 Å². The van der Waals surface area contributed by atoms with E-state index in [2.05, 4.69) is 43.0 Å². The largest absolute Gasteiger partial charge is 0.372 e. The highest BCUT2D eigenvalue weighted by Crippen LogP contribution is 2.46. The van der Waals surface area contributed by atoms with E-state index in [1.807, 2.05) is 0 Å². The van der Waals surface area contributed by atoms with Crippen LogP contribution in [0.15, 0.2) is 24.3 Å². The predicted octanol–water partition coefficient (Wildman–Crippen LogP) is 2.60. The fourth-order valence-corrected chi connectivity index (χ4v) is 2.44. The Morgan fingerprint density at radius 3 is 2.25 bits per heavy atom. The van der Waals surface area contributed by atoms with E-state index >= 15 is 0 Å². The van der Waals surface area contributed by atoms with Crippen LogP contribution in [0.1, 0.15) is 31.7 Å². The molecule has 2 N–H and O–H groups in total. The first-order chi connectivity index (χ1) is 7.80. The quantitative estimate of drug-likeness (QED) is 0.823. The highest BCUT2D eigenvalue weighted by atomic mass is 15.1. The van der Waals surface area contributed by atoms with Gasteiger partial charge in [-0.1, -0.05) is 12.1 Å². The van der Waals surface area contributed by atoms with Gasteiger partial charge in [-0.05, 0) is 56.3 Å². The molecule has 0 unspecified atom stereocenters. The molecule has 2 heteroatoms. The van der Waals surface area contributed by atoms with Crippen LogP contribution in [0, 0.1) is 5.92 Å². The molecule has 1 saturated carbocycles. The highest BCUT2D eigenvalue weighted by Gasteiger charge is 2.36. The van der Waals surface area contributed by atoms with E-state index in [0.717, 1.165) is 31.5 Å². The van der Waals surface area contributed by atoms with Gasteiger partial charge in [-0.3, -0.25) is 0 Å². The van der Waals surface area contributed by atoms with Crippen molar-refractivity contribution in [2.45, 2.75) is 26.2 Å². The van der Waals surface area contributed by atoms with Crippen molar-refractivity contribution in [1.29, 1.82) is 0 Å². The Morgan fingerprint density at radius 1 is 1.19 bits per heavy atom. The Bertz CT molecular complexity index is 327. The molecule has 0 bridgehead atoms. The molecule has 1 aromatic carbocycles. The molecule has 1 fully saturated rings. The molecule has 0 saturated heterocycles. The molecule has 0 radical (unpaired) electrons. The molecular weight excluding hydrogens is 196 g/mol. The molecule has 2 nitrogen and oxygen atoms in total. The number of hydrogen-bond donors (Lipinski definition) is 1. The first-order valence-corrected chi connectivity index (χ1v) is 6.35. The topological polar surface area (TPSA) is 29.3 Å². The van der Waals surface area contributed by atoms with Gasteiger partial charge in [0.25, 0.3) is 0 Å². The fourth-order valence-electron chi connectivity index (χ4n) is 2.44. The van der Waals surface area contributed by atoms with Gasteiger partial charge in [-0.15, -0.1) is 0 Å². The molecule has 2 atom stereocenters. The van der Waals surface area contributed by atoms with Gasteiger partial charge in [-0.2, -0.15) is 0 Å². The van der Waals surface area contributed by atoms with Crippen LogP contribution >= 0.6 is 0 Å². The van der Waals surface area contributed by atoms with E-state index in [-0.39, 0.29) is 0 Å². The monoisotopic (exact) mass is 218 g/mol. The average molecular weight is 218 g/mol. The molecule has 2 rings (SSSR count). The Kier molecular flexibility index (Phi) is 3.49. The van der Waals surface area contributed by atoms with Crippen molar-refractivity contribution in [2.24, 2.45) is 11.7 Å². The van der Waals surface area contributed by atoms with Crippen LogP contribution in [0.5, 0.6) is 0 Å². The first kappa shape index (κ1) is 11.5. The van der Waals surface area contributed by atoms with E-state index in [4.69, 9.17) is 5.73 Å². The third kappa shape index (κ3) is 2.22. The molecule has 1 aliphatic rings. The van der Waals surface area contributed by atoms with E-state index in [1.165, 1.54) is 17.7 Å². The van der Waals surface area contributed by atoms with Crippen LogP contribution in [0.4, 0.5) is 5.69 Å². The van der Waals surface area contributed by atoms with Gasteiger partial charge in [0, 0.05) is 18.8 Å². The van der Waals surface area contributed by atoms with Crippen molar-refractivity contribution in [3.05, 3.63) is 29.8 Å². The zero-order chi connectivity index (χ0) is 11.5. The van der Waals surface area contributed by atoms with Crippen molar-refractivity contribution in [2.75, 3.05) is 24.5 Å². The second-order valence-corrected chi connectivity index (χ2v) is 4.60. The minimum absolute atomic E-state index is 0.732. The lowest BCUT2D eigenvalue weighted by Crippen LogP contribution is -2.21. The van der Waals surface area contributed by atoms with Crippen LogP contribution < -0.4 is 10.6 Å².